The zero-order chi connectivity index (χ0) is 22.4. The van der Waals surface area contributed by atoms with Crippen LogP contribution in [0.2, 0.25) is 0 Å². The van der Waals surface area contributed by atoms with Crippen molar-refractivity contribution in [2.45, 2.75) is 6.42 Å². The predicted molar refractivity (Wildman–Crippen MR) is 102 cm³/mol. The number of imide groups is 2. The van der Waals surface area contributed by atoms with Crippen LogP contribution in [0.25, 0.3) is 0 Å². The number of benzene rings is 2. The summed E-state index contributed by atoms with van der Waals surface area (Å²) < 4.78 is 0. The molecule has 156 valence electrons. The molecule has 0 aliphatic carbocycles. The fourth-order valence-corrected chi connectivity index (χ4v) is 3.58. The molecule has 2 heterocycles. The molecule has 12 nitrogen and oxygen atoms in total. The summed E-state index contributed by atoms with van der Waals surface area (Å²) in [5, 5.41) is 21.8. The molecule has 0 N–H and O–H groups in total. The van der Waals surface area contributed by atoms with Crippen LogP contribution in [0.15, 0.2) is 36.4 Å². The summed E-state index contributed by atoms with van der Waals surface area (Å²) in [6.45, 7) is -0.235. The van der Waals surface area contributed by atoms with Crippen molar-refractivity contribution in [2.24, 2.45) is 0 Å². The number of non-ortho nitro benzene ring substituents is 2. The van der Waals surface area contributed by atoms with E-state index in [2.05, 4.69) is 0 Å². The van der Waals surface area contributed by atoms with Gasteiger partial charge in [0.05, 0.1) is 32.1 Å². The average molecular weight is 424 g/mol. The van der Waals surface area contributed by atoms with E-state index in [-0.39, 0.29) is 53.1 Å². The number of rotatable bonds is 6. The van der Waals surface area contributed by atoms with Crippen molar-refractivity contribution in [1.82, 2.24) is 9.80 Å². The summed E-state index contributed by atoms with van der Waals surface area (Å²) in [5.41, 5.74) is -0.699. The van der Waals surface area contributed by atoms with Crippen LogP contribution in [-0.4, -0.2) is 56.4 Å². The number of carbonyl (C=O) groups excluding carboxylic acids is 4. The Kier molecular flexibility index (Phi) is 4.53. The second kappa shape index (κ2) is 7.09. The van der Waals surface area contributed by atoms with Gasteiger partial charge in [0, 0.05) is 37.4 Å². The number of amides is 4. The number of hydrogen-bond donors (Lipinski definition) is 0. The Balaban J connectivity index is 1.45. The first kappa shape index (κ1) is 19.8. The SMILES string of the molecule is O=C1c2ccc([N+](=O)[O-])cc2C(=O)N1CCCN1C(=O)c2ccc([N+](=O)[O-])cc2C1=O. The van der Waals surface area contributed by atoms with Gasteiger partial charge in [-0.05, 0) is 18.6 Å². The van der Waals surface area contributed by atoms with Crippen LogP contribution in [0, 0.1) is 20.2 Å². The second-order valence-corrected chi connectivity index (χ2v) is 6.85. The smallest absolute Gasteiger partial charge is 0.270 e. The molecule has 0 atom stereocenters. The molecule has 0 spiro atoms. The van der Waals surface area contributed by atoms with Gasteiger partial charge in [0.2, 0.25) is 0 Å². The Morgan fingerprint density at radius 2 is 0.968 bits per heavy atom. The lowest BCUT2D eigenvalue weighted by Gasteiger charge is -2.17. The number of carbonyl (C=O) groups is 4. The highest BCUT2D eigenvalue weighted by molar-refractivity contribution is 6.22. The molecule has 2 aliphatic rings. The minimum absolute atomic E-state index is 0.0450. The molecule has 0 radical (unpaired) electrons. The van der Waals surface area contributed by atoms with Gasteiger partial charge in [-0.1, -0.05) is 0 Å². The average Bonchev–Trinajstić information content (AvgIpc) is 3.13. The van der Waals surface area contributed by atoms with Crippen molar-refractivity contribution in [2.75, 3.05) is 13.1 Å². The maximum Gasteiger partial charge on any atom is 0.270 e. The van der Waals surface area contributed by atoms with Crippen molar-refractivity contribution in [3.63, 3.8) is 0 Å². The number of nitro benzene ring substituents is 2. The third kappa shape index (κ3) is 3.10. The molecule has 2 aliphatic heterocycles. The quantitative estimate of drug-likeness (QED) is 0.385. The lowest BCUT2D eigenvalue weighted by Crippen LogP contribution is -2.35. The molecule has 0 saturated heterocycles. The molecule has 31 heavy (non-hydrogen) atoms. The van der Waals surface area contributed by atoms with Gasteiger partial charge in [0.25, 0.3) is 35.0 Å². The third-order valence-corrected chi connectivity index (χ3v) is 5.09. The van der Waals surface area contributed by atoms with Gasteiger partial charge in [-0.15, -0.1) is 0 Å². The lowest BCUT2D eigenvalue weighted by molar-refractivity contribution is -0.385. The van der Waals surface area contributed by atoms with E-state index in [0.29, 0.717) is 0 Å². The molecule has 4 amide bonds. The van der Waals surface area contributed by atoms with E-state index < -0.39 is 33.5 Å². The van der Waals surface area contributed by atoms with Gasteiger partial charge in [-0.3, -0.25) is 49.2 Å². The normalized spacial score (nSPS) is 14.8. The van der Waals surface area contributed by atoms with Crippen molar-refractivity contribution in [3.05, 3.63) is 78.9 Å². The minimum Gasteiger partial charge on any atom is -0.274 e. The van der Waals surface area contributed by atoms with Gasteiger partial charge in [0.15, 0.2) is 0 Å². The Morgan fingerprint density at radius 1 is 0.613 bits per heavy atom. The summed E-state index contributed by atoms with van der Waals surface area (Å²) in [7, 11) is 0. The van der Waals surface area contributed by atoms with E-state index in [4.69, 9.17) is 0 Å². The van der Waals surface area contributed by atoms with E-state index in [0.717, 1.165) is 34.1 Å². The summed E-state index contributed by atoms with van der Waals surface area (Å²) in [6, 6.07) is 6.76. The zero-order valence-electron chi connectivity index (χ0n) is 15.6. The Hall–Kier alpha value is -4.48. The molecular formula is C19H12N4O8. The van der Waals surface area contributed by atoms with Crippen molar-refractivity contribution >= 4 is 35.0 Å². The molecule has 0 unspecified atom stereocenters. The first-order chi connectivity index (χ1) is 14.7. The molecule has 2 aromatic carbocycles. The van der Waals surface area contributed by atoms with E-state index in [1.807, 2.05) is 0 Å². The largest absolute Gasteiger partial charge is 0.274 e. The number of nitro groups is 2. The van der Waals surface area contributed by atoms with Crippen LogP contribution >= 0.6 is 0 Å². The van der Waals surface area contributed by atoms with Gasteiger partial charge in [-0.25, -0.2) is 0 Å². The van der Waals surface area contributed by atoms with E-state index in [1.165, 1.54) is 12.1 Å². The topological polar surface area (TPSA) is 161 Å². The highest BCUT2D eigenvalue weighted by Crippen LogP contribution is 2.29. The van der Waals surface area contributed by atoms with Crippen molar-refractivity contribution in [1.29, 1.82) is 0 Å². The molecule has 0 fully saturated rings. The van der Waals surface area contributed by atoms with Gasteiger partial charge < -0.3 is 0 Å². The molecule has 4 rings (SSSR count). The summed E-state index contributed by atoms with van der Waals surface area (Å²) in [5.74, 6) is -2.62. The minimum atomic E-state index is -0.693. The fraction of sp³-hybridized carbons (Fsp3) is 0.158. The molecule has 12 heteroatoms. The van der Waals surface area contributed by atoms with Crippen molar-refractivity contribution in [3.8, 4) is 0 Å². The monoisotopic (exact) mass is 424 g/mol. The number of fused-ring (bicyclic) bond motifs is 2. The maximum absolute atomic E-state index is 12.5. The van der Waals surface area contributed by atoms with E-state index in [1.54, 1.807) is 0 Å². The third-order valence-electron chi connectivity index (χ3n) is 5.09. The summed E-state index contributed by atoms with van der Waals surface area (Å²) in [6.07, 6.45) is 0.0706. The summed E-state index contributed by atoms with van der Waals surface area (Å²) in [4.78, 5) is 72.1. The van der Waals surface area contributed by atoms with Crippen LogP contribution in [0.3, 0.4) is 0 Å². The lowest BCUT2D eigenvalue weighted by atomic mass is 10.1. The predicted octanol–water partition coefficient (Wildman–Crippen LogP) is 1.79. The molecule has 0 aromatic heterocycles. The fourth-order valence-electron chi connectivity index (χ4n) is 3.58. The van der Waals surface area contributed by atoms with E-state index >= 15 is 0 Å². The maximum atomic E-state index is 12.5. The Labute approximate surface area is 173 Å². The highest BCUT2D eigenvalue weighted by atomic mass is 16.6. The first-order valence-corrected chi connectivity index (χ1v) is 9.00. The molecule has 2 aromatic rings. The van der Waals surface area contributed by atoms with Crippen molar-refractivity contribution < 1.29 is 29.0 Å². The van der Waals surface area contributed by atoms with Crippen LogP contribution in [0.4, 0.5) is 11.4 Å². The summed E-state index contributed by atoms with van der Waals surface area (Å²) >= 11 is 0. The molecular weight excluding hydrogens is 412 g/mol. The molecule has 0 saturated carbocycles. The van der Waals surface area contributed by atoms with Gasteiger partial charge >= 0.3 is 0 Å². The van der Waals surface area contributed by atoms with E-state index in [9.17, 15) is 39.4 Å². The van der Waals surface area contributed by atoms with Crippen LogP contribution < -0.4 is 0 Å². The first-order valence-electron chi connectivity index (χ1n) is 9.00. The van der Waals surface area contributed by atoms with Gasteiger partial charge in [0.1, 0.15) is 0 Å². The van der Waals surface area contributed by atoms with Gasteiger partial charge in [-0.2, -0.15) is 0 Å². The van der Waals surface area contributed by atoms with Crippen LogP contribution in [-0.2, 0) is 0 Å². The molecule has 0 bridgehead atoms. The number of nitrogens with zero attached hydrogens (tertiary/aromatic N) is 4. The Morgan fingerprint density at radius 3 is 1.32 bits per heavy atom. The standard InChI is InChI=1S/C19H12N4O8/c24-16-12-4-2-10(22(28)29)8-14(12)18(26)20(16)6-1-7-21-17(25)13-5-3-11(23(30)31)9-15(13)19(21)27/h2-5,8-9H,1,6-7H2. The van der Waals surface area contributed by atoms with Crippen LogP contribution in [0.5, 0.6) is 0 Å². The second-order valence-electron chi connectivity index (χ2n) is 6.85. The van der Waals surface area contributed by atoms with Crippen LogP contribution in [0.1, 0.15) is 47.9 Å². The zero-order valence-corrected chi connectivity index (χ0v) is 15.6. The highest BCUT2D eigenvalue weighted by Gasteiger charge is 2.39. The number of hydrogen-bond acceptors (Lipinski definition) is 8. The Bertz CT molecular complexity index is 1130.